The Labute approximate surface area is 85.1 Å². The highest BCUT2D eigenvalue weighted by molar-refractivity contribution is 5.73. The molecule has 3 N–H and O–H groups in total. The lowest BCUT2D eigenvalue weighted by molar-refractivity contribution is -0.139. The number of carboxylic acids is 1. The molecule has 14 heavy (non-hydrogen) atoms. The Morgan fingerprint density at radius 3 is 2.86 bits per heavy atom. The van der Waals surface area contributed by atoms with Crippen LogP contribution in [0.1, 0.15) is 26.7 Å². The Hall–Kier alpha value is -0.610. The van der Waals surface area contributed by atoms with Crippen molar-refractivity contribution in [2.75, 3.05) is 13.1 Å². The summed E-state index contributed by atoms with van der Waals surface area (Å²) in [6, 6.07) is -0.295. The van der Waals surface area contributed by atoms with Crippen molar-refractivity contribution in [3.63, 3.8) is 0 Å². The lowest BCUT2D eigenvalue weighted by Crippen LogP contribution is -2.50. The molecule has 1 fully saturated rings. The molecule has 0 aromatic heterocycles. The maximum absolute atomic E-state index is 10.6. The SMILES string of the molecule is CC1CCCN(CC(N)C(=O)O)C1C. The van der Waals surface area contributed by atoms with Crippen LogP contribution in [0.4, 0.5) is 0 Å². The molecule has 82 valence electrons. The predicted molar refractivity (Wildman–Crippen MR) is 55.0 cm³/mol. The maximum Gasteiger partial charge on any atom is 0.321 e. The number of hydrogen-bond acceptors (Lipinski definition) is 3. The van der Waals surface area contributed by atoms with Crippen LogP contribution in [-0.2, 0) is 4.79 Å². The monoisotopic (exact) mass is 200 g/mol. The smallest absolute Gasteiger partial charge is 0.321 e. The molecule has 0 amide bonds. The maximum atomic E-state index is 10.6. The van der Waals surface area contributed by atoms with Gasteiger partial charge in [0.2, 0.25) is 0 Å². The Bertz CT molecular complexity index is 208. The van der Waals surface area contributed by atoms with Gasteiger partial charge in [-0.05, 0) is 32.2 Å². The van der Waals surface area contributed by atoms with Crippen molar-refractivity contribution >= 4 is 5.97 Å². The molecule has 0 bridgehead atoms. The van der Waals surface area contributed by atoms with Crippen LogP contribution in [0, 0.1) is 5.92 Å². The zero-order valence-electron chi connectivity index (χ0n) is 8.94. The molecule has 0 saturated carbocycles. The number of piperidine rings is 1. The average Bonchev–Trinajstić information content (AvgIpc) is 2.12. The summed E-state index contributed by atoms with van der Waals surface area (Å²) in [7, 11) is 0. The first kappa shape index (κ1) is 11.5. The lowest BCUT2D eigenvalue weighted by atomic mass is 9.92. The highest BCUT2D eigenvalue weighted by Gasteiger charge is 2.27. The molecule has 0 radical (unpaired) electrons. The van der Waals surface area contributed by atoms with Crippen molar-refractivity contribution in [1.82, 2.24) is 4.90 Å². The molecule has 4 heteroatoms. The largest absolute Gasteiger partial charge is 0.480 e. The zero-order chi connectivity index (χ0) is 10.7. The van der Waals surface area contributed by atoms with Crippen LogP contribution in [-0.4, -0.2) is 41.1 Å². The normalized spacial score (nSPS) is 31.4. The topological polar surface area (TPSA) is 66.6 Å². The van der Waals surface area contributed by atoms with E-state index in [0.717, 1.165) is 13.0 Å². The minimum atomic E-state index is -0.907. The molecular weight excluding hydrogens is 180 g/mol. The first-order valence-electron chi connectivity index (χ1n) is 5.24. The minimum absolute atomic E-state index is 0.453. The number of likely N-dealkylation sites (tertiary alicyclic amines) is 1. The Morgan fingerprint density at radius 2 is 2.29 bits per heavy atom. The number of hydrogen-bond donors (Lipinski definition) is 2. The van der Waals surface area contributed by atoms with Crippen molar-refractivity contribution in [3.8, 4) is 0 Å². The number of rotatable bonds is 3. The van der Waals surface area contributed by atoms with Crippen molar-refractivity contribution in [2.24, 2.45) is 11.7 Å². The predicted octanol–water partition coefficient (Wildman–Crippen LogP) is 0.519. The van der Waals surface area contributed by atoms with E-state index in [1.165, 1.54) is 6.42 Å². The molecule has 3 atom stereocenters. The second-order valence-electron chi connectivity index (χ2n) is 4.30. The summed E-state index contributed by atoms with van der Waals surface area (Å²) in [4.78, 5) is 12.8. The van der Waals surface area contributed by atoms with Gasteiger partial charge in [0.15, 0.2) is 0 Å². The van der Waals surface area contributed by atoms with Crippen LogP contribution in [0.2, 0.25) is 0 Å². The summed E-state index contributed by atoms with van der Waals surface area (Å²) in [6.45, 7) is 5.81. The molecule has 0 spiro atoms. The molecule has 0 aliphatic carbocycles. The van der Waals surface area contributed by atoms with E-state index in [4.69, 9.17) is 10.8 Å². The van der Waals surface area contributed by atoms with Gasteiger partial charge in [0, 0.05) is 12.6 Å². The van der Waals surface area contributed by atoms with Crippen LogP contribution in [0.15, 0.2) is 0 Å². The van der Waals surface area contributed by atoms with E-state index in [-0.39, 0.29) is 0 Å². The second-order valence-corrected chi connectivity index (χ2v) is 4.30. The standard InChI is InChI=1S/C10H20N2O2/c1-7-4-3-5-12(8(7)2)6-9(11)10(13)14/h7-9H,3-6,11H2,1-2H3,(H,13,14). The van der Waals surface area contributed by atoms with Gasteiger partial charge in [0.25, 0.3) is 0 Å². The van der Waals surface area contributed by atoms with E-state index >= 15 is 0 Å². The first-order chi connectivity index (χ1) is 6.52. The van der Waals surface area contributed by atoms with Crippen LogP contribution in [0.5, 0.6) is 0 Å². The number of carboxylic acid groups (broad SMARTS) is 1. The summed E-state index contributed by atoms with van der Waals surface area (Å²) < 4.78 is 0. The average molecular weight is 200 g/mol. The van der Waals surface area contributed by atoms with Gasteiger partial charge in [-0.2, -0.15) is 0 Å². The Balaban J connectivity index is 2.46. The van der Waals surface area contributed by atoms with Gasteiger partial charge in [-0.3, -0.25) is 9.69 Å². The van der Waals surface area contributed by atoms with Gasteiger partial charge >= 0.3 is 5.97 Å². The van der Waals surface area contributed by atoms with Crippen LogP contribution >= 0.6 is 0 Å². The molecule has 1 rings (SSSR count). The summed E-state index contributed by atoms with van der Waals surface area (Å²) in [5.41, 5.74) is 5.51. The molecule has 1 aliphatic heterocycles. The highest BCUT2D eigenvalue weighted by Crippen LogP contribution is 2.22. The third-order valence-corrected chi connectivity index (χ3v) is 3.25. The van der Waals surface area contributed by atoms with Crippen LogP contribution < -0.4 is 5.73 Å². The van der Waals surface area contributed by atoms with Crippen molar-refractivity contribution in [1.29, 1.82) is 0 Å². The number of carbonyl (C=O) groups is 1. The van der Waals surface area contributed by atoms with E-state index < -0.39 is 12.0 Å². The van der Waals surface area contributed by atoms with E-state index in [9.17, 15) is 4.79 Å². The first-order valence-corrected chi connectivity index (χ1v) is 5.24. The van der Waals surface area contributed by atoms with Crippen molar-refractivity contribution in [3.05, 3.63) is 0 Å². The van der Waals surface area contributed by atoms with Crippen molar-refractivity contribution in [2.45, 2.75) is 38.8 Å². The van der Waals surface area contributed by atoms with Gasteiger partial charge in [-0.1, -0.05) is 6.92 Å². The molecule has 3 unspecified atom stereocenters. The van der Waals surface area contributed by atoms with Crippen molar-refractivity contribution < 1.29 is 9.90 Å². The van der Waals surface area contributed by atoms with Gasteiger partial charge in [0.1, 0.15) is 6.04 Å². The zero-order valence-corrected chi connectivity index (χ0v) is 8.94. The van der Waals surface area contributed by atoms with Gasteiger partial charge in [-0.15, -0.1) is 0 Å². The van der Waals surface area contributed by atoms with E-state index in [2.05, 4.69) is 18.7 Å². The van der Waals surface area contributed by atoms with Gasteiger partial charge in [-0.25, -0.2) is 0 Å². The van der Waals surface area contributed by atoms with E-state index in [1.54, 1.807) is 0 Å². The minimum Gasteiger partial charge on any atom is -0.480 e. The number of aliphatic carboxylic acids is 1. The third-order valence-electron chi connectivity index (χ3n) is 3.25. The summed E-state index contributed by atoms with van der Waals surface area (Å²) in [5.74, 6) is -0.264. The van der Waals surface area contributed by atoms with Gasteiger partial charge in [0.05, 0.1) is 0 Å². The fraction of sp³-hybridized carbons (Fsp3) is 0.900. The fourth-order valence-corrected chi connectivity index (χ4v) is 2.01. The second kappa shape index (κ2) is 4.75. The molecule has 0 aromatic rings. The quantitative estimate of drug-likeness (QED) is 0.697. The fourth-order valence-electron chi connectivity index (χ4n) is 2.01. The summed E-state index contributed by atoms with van der Waals surface area (Å²) >= 11 is 0. The highest BCUT2D eigenvalue weighted by atomic mass is 16.4. The molecule has 1 aliphatic rings. The van der Waals surface area contributed by atoms with E-state index in [1.807, 2.05) is 0 Å². The summed E-state index contributed by atoms with van der Waals surface area (Å²) in [6.07, 6.45) is 2.39. The van der Waals surface area contributed by atoms with Crippen LogP contribution in [0.3, 0.4) is 0 Å². The Morgan fingerprint density at radius 1 is 1.64 bits per heavy atom. The molecule has 4 nitrogen and oxygen atoms in total. The van der Waals surface area contributed by atoms with Crippen LogP contribution in [0.25, 0.3) is 0 Å². The molecule has 1 saturated heterocycles. The van der Waals surface area contributed by atoms with E-state index in [0.29, 0.717) is 18.5 Å². The number of nitrogens with two attached hydrogens (primary N) is 1. The molecule has 0 aromatic carbocycles. The molecular formula is C10H20N2O2. The lowest BCUT2D eigenvalue weighted by Gasteiger charge is -2.38. The van der Waals surface area contributed by atoms with Gasteiger partial charge < -0.3 is 10.8 Å². The molecule has 1 heterocycles. The third kappa shape index (κ3) is 2.69. The number of nitrogens with zero attached hydrogens (tertiary/aromatic N) is 1. The summed E-state index contributed by atoms with van der Waals surface area (Å²) in [5, 5.41) is 8.71. The Kier molecular flexibility index (Phi) is 3.89.